The zero-order chi connectivity index (χ0) is 24.1. The van der Waals surface area contributed by atoms with Crippen molar-refractivity contribution >= 4 is 47.0 Å². The monoisotopic (exact) mass is 526 g/mol. The molecular weight excluding hydrogens is 499 g/mol. The number of hydrogen-bond donors (Lipinski definition) is 1. The van der Waals surface area contributed by atoms with Gasteiger partial charge in [0.05, 0.1) is 29.6 Å². The standard InChI is InChI=1S/C26H27ClN6O2.ClH/c1-26(2)21-22(26)25(35)32(24(21)34)9-14-5-20-23(29-13-30-33(20)10-14)18-6-17(27)3-4-19(18)31-11-15-7-28-8-16(15)12-31;/h3-6,10,13,15-16,21-22,28H,7-9,11-12H2,1-2H3;1H. The molecule has 3 saturated heterocycles. The van der Waals surface area contributed by atoms with E-state index in [1.165, 1.54) is 4.90 Å². The molecule has 3 aromatic rings. The first-order valence-electron chi connectivity index (χ1n) is 12.3. The van der Waals surface area contributed by atoms with Gasteiger partial charge in [-0.2, -0.15) is 5.10 Å². The van der Waals surface area contributed by atoms with Crippen LogP contribution in [0.15, 0.2) is 36.8 Å². The van der Waals surface area contributed by atoms with Gasteiger partial charge in [0.2, 0.25) is 11.8 Å². The van der Waals surface area contributed by atoms with Crippen LogP contribution in [-0.2, 0) is 16.1 Å². The first-order chi connectivity index (χ1) is 16.8. The maximum absolute atomic E-state index is 12.8. The van der Waals surface area contributed by atoms with E-state index in [1.54, 1.807) is 10.8 Å². The lowest BCUT2D eigenvalue weighted by Gasteiger charge is -2.23. The molecule has 1 aromatic carbocycles. The molecule has 1 N–H and O–H groups in total. The maximum Gasteiger partial charge on any atom is 0.233 e. The molecule has 4 fully saturated rings. The van der Waals surface area contributed by atoms with E-state index in [4.69, 9.17) is 11.6 Å². The summed E-state index contributed by atoms with van der Waals surface area (Å²) in [4.78, 5) is 34.2. The molecular formula is C26H28Cl2N6O2. The first-order valence-corrected chi connectivity index (χ1v) is 12.6. The minimum atomic E-state index is -0.206. The minimum absolute atomic E-state index is 0. The lowest BCUT2D eigenvalue weighted by molar-refractivity contribution is -0.143. The molecule has 0 radical (unpaired) electrons. The number of benzene rings is 1. The summed E-state index contributed by atoms with van der Waals surface area (Å²) in [5.41, 5.74) is 4.37. The molecule has 5 heterocycles. The second-order valence-electron chi connectivity index (χ2n) is 11.1. The first kappa shape index (κ1) is 23.7. The Balaban J connectivity index is 0.00000240. The summed E-state index contributed by atoms with van der Waals surface area (Å²) >= 11 is 6.45. The second kappa shape index (κ2) is 8.16. The van der Waals surface area contributed by atoms with Gasteiger partial charge >= 0.3 is 0 Å². The van der Waals surface area contributed by atoms with E-state index >= 15 is 0 Å². The molecule has 7 rings (SSSR count). The highest BCUT2D eigenvalue weighted by Crippen LogP contribution is 2.63. The smallest absolute Gasteiger partial charge is 0.233 e. The van der Waals surface area contributed by atoms with Gasteiger partial charge in [-0.25, -0.2) is 9.50 Å². The molecule has 4 atom stereocenters. The summed E-state index contributed by atoms with van der Waals surface area (Å²) in [5, 5.41) is 8.56. The number of nitrogens with zero attached hydrogens (tertiary/aromatic N) is 5. The average Bonchev–Trinajstić information content (AvgIpc) is 3.35. The van der Waals surface area contributed by atoms with Crippen LogP contribution in [0.4, 0.5) is 5.69 Å². The number of amides is 2. The Labute approximate surface area is 220 Å². The quantitative estimate of drug-likeness (QED) is 0.525. The molecule has 2 aromatic heterocycles. The van der Waals surface area contributed by atoms with Crippen molar-refractivity contribution in [1.82, 2.24) is 24.8 Å². The molecule has 2 amide bonds. The number of halogens is 2. The number of carbonyl (C=O) groups excluding carboxylic acids is 2. The van der Waals surface area contributed by atoms with Gasteiger partial charge in [-0.15, -0.1) is 12.4 Å². The van der Waals surface area contributed by atoms with E-state index in [2.05, 4.69) is 26.4 Å². The van der Waals surface area contributed by atoms with Crippen LogP contribution < -0.4 is 10.2 Å². The van der Waals surface area contributed by atoms with Crippen LogP contribution in [0.25, 0.3) is 16.8 Å². The predicted octanol–water partition coefficient (Wildman–Crippen LogP) is 3.27. The van der Waals surface area contributed by atoms with E-state index in [9.17, 15) is 9.59 Å². The van der Waals surface area contributed by atoms with Crippen molar-refractivity contribution in [3.8, 4) is 11.3 Å². The molecule has 0 bridgehead atoms. The summed E-state index contributed by atoms with van der Waals surface area (Å²) in [6.07, 6.45) is 3.43. The van der Waals surface area contributed by atoms with Crippen LogP contribution in [0.1, 0.15) is 19.4 Å². The van der Waals surface area contributed by atoms with Gasteiger partial charge < -0.3 is 10.2 Å². The molecule has 10 heteroatoms. The van der Waals surface area contributed by atoms with Crippen LogP contribution in [0.5, 0.6) is 0 Å². The molecule has 3 aliphatic heterocycles. The topological polar surface area (TPSA) is 82.8 Å². The Kier molecular flexibility index (Phi) is 5.37. The van der Waals surface area contributed by atoms with Gasteiger partial charge in [0, 0.05) is 48.6 Å². The van der Waals surface area contributed by atoms with Crippen LogP contribution >= 0.6 is 24.0 Å². The SMILES string of the molecule is CC1(C)C2C(=O)N(Cc3cc4c(-c5cc(Cl)ccc5N5CC6CNCC6C5)ncnn4c3)C(=O)C21.Cl. The third-order valence-corrected chi connectivity index (χ3v) is 8.87. The third kappa shape index (κ3) is 3.38. The summed E-state index contributed by atoms with van der Waals surface area (Å²) < 4.78 is 1.78. The van der Waals surface area contributed by atoms with E-state index in [0.29, 0.717) is 16.9 Å². The van der Waals surface area contributed by atoms with Crippen molar-refractivity contribution in [1.29, 1.82) is 0 Å². The fourth-order valence-corrected chi connectivity index (χ4v) is 6.82. The largest absolute Gasteiger partial charge is 0.370 e. The van der Waals surface area contributed by atoms with Crippen LogP contribution in [0.3, 0.4) is 0 Å². The van der Waals surface area contributed by atoms with Gasteiger partial charge in [0.15, 0.2) is 0 Å². The van der Waals surface area contributed by atoms with Crippen molar-refractivity contribution in [2.24, 2.45) is 29.1 Å². The summed E-state index contributed by atoms with van der Waals surface area (Å²) in [7, 11) is 0. The molecule has 1 aliphatic carbocycles. The Bertz CT molecular complexity index is 1370. The number of hydrogen-bond acceptors (Lipinski definition) is 6. The Morgan fingerprint density at radius 2 is 1.78 bits per heavy atom. The Morgan fingerprint density at radius 3 is 2.47 bits per heavy atom. The van der Waals surface area contributed by atoms with Crippen LogP contribution in [0, 0.1) is 29.1 Å². The zero-order valence-corrected chi connectivity index (χ0v) is 21.7. The third-order valence-electron chi connectivity index (χ3n) is 8.64. The summed E-state index contributed by atoms with van der Waals surface area (Å²) in [6.45, 7) is 8.41. The van der Waals surface area contributed by atoms with Gasteiger partial charge in [-0.3, -0.25) is 14.5 Å². The molecule has 36 heavy (non-hydrogen) atoms. The van der Waals surface area contributed by atoms with Crippen molar-refractivity contribution in [3.05, 3.63) is 47.4 Å². The Hall–Kier alpha value is -2.68. The highest BCUT2D eigenvalue weighted by atomic mass is 35.5. The number of carbonyl (C=O) groups is 2. The number of piperidine rings is 1. The maximum atomic E-state index is 12.8. The summed E-state index contributed by atoms with van der Waals surface area (Å²) in [6, 6.07) is 7.98. The van der Waals surface area contributed by atoms with E-state index in [-0.39, 0.29) is 48.0 Å². The molecule has 4 unspecified atom stereocenters. The van der Waals surface area contributed by atoms with Crippen molar-refractivity contribution in [2.75, 3.05) is 31.1 Å². The molecule has 188 valence electrons. The van der Waals surface area contributed by atoms with E-state index in [1.807, 2.05) is 38.2 Å². The molecule has 8 nitrogen and oxygen atoms in total. The van der Waals surface area contributed by atoms with Gasteiger partial charge in [-0.1, -0.05) is 25.4 Å². The number of rotatable bonds is 4. The minimum Gasteiger partial charge on any atom is -0.370 e. The number of likely N-dealkylation sites (tertiary alicyclic amines) is 1. The van der Waals surface area contributed by atoms with Crippen molar-refractivity contribution in [2.45, 2.75) is 20.4 Å². The summed E-state index contributed by atoms with van der Waals surface area (Å²) in [5.74, 6) is 0.861. The van der Waals surface area contributed by atoms with Crippen LogP contribution in [0.2, 0.25) is 5.02 Å². The lowest BCUT2D eigenvalue weighted by Crippen LogP contribution is -2.35. The highest BCUT2D eigenvalue weighted by Gasteiger charge is 2.72. The van der Waals surface area contributed by atoms with Gasteiger partial charge in [-0.05, 0) is 47.1 Å². The number of aromatic nitrogens is 3. The van der Waals surface area contributed by atoms with Crippen LogP contribution in [-0.4, -0.2) is 57.5 Å². The zero-order valence-electron chi connectivity index (χ0n) is 20.1. The van der Waals surface area contributed by atoms with Gasteiger partial charge in [0.25, 0.3) is 0 Å². The fraction of sp³-hybridized carbons (Fsp3) is 0.462. The van der Waals surface area contributed by atoms with Crippen molar-refractivity contribution < 1.29 is 9.59 Å². The molecule has 4 aliphatic rings. The van der Waals surface area contributed by atoms with E-state index in [0.717, 1.165) is 54.2 Å². The Morgan fingerprint density at radius 1 is 1.08 bits per heavy atom. The number of fused-ring (bicyclic) bond motifs is 3. The molecule has 1 saturated carbocycles. The predicted molar refractivity (Wildman–Crippen MR) is 139 cm³/mol. The number of anilines is 1. The normalized spacial score (nSPS) is 28.0. The van der Waals surface area contributed by atoms with E-state index < -0.39 is 0 Å². The lowest BCUT2D eigenvalue weighted by atomic mass is 10.0. The van der Waals surface area contributed by atoms with Crippen molar-refractivity contribution in [3.63, 3.8) is 0 Å². The molecule has 0 spiro atoms. The number of imide groups is 1. The highest BCUT2D eigenvalue weighted by molar-refractivity contribution is 6.31. The second-order valence-corrected chi connectivity index (χ2v) is 11.5. The van der Waals surface area contributed by atoms with Gasteiger partial charge in [0.1, 0.15) is 6.33 Å². The number of nitrogens with one attached hydrogen (secondary N) is 1. The average molecular weight is 527 g/mol. The fourth-order valence-electron chi connectivity index (χ4n) is 6.65.